The third-order valence-corrected chi connectivity index (χ3v) is 6.84. The minimum Gasteiger partial charge on any atom is -0.399 e. The van der Waals surface area contributed by atoms with Crippen molar-refractivity contribution >= 4 is 20.7 Å². The fourth-order valence-corrected chi connectivity index (χ4v) is 3.42. The summed E-state index contributed by atoms with van der Waals surface area (Å²) in [4.78, 5) is 0. The molecular weight excluding hydrogens is 319 g/mol. The maximum absolute atomic E-state index is 6.18. The average Bonchev–Trinajstić information content (AvgIpc) is 2.77. The Bertz CT molecular complexity index is 577. The molecule has 0 aliphatic carbocycles. The van der Waals surface area contributed by atoms with Crippen LogP contribution < -0.4 is 5.46 Å². The summed E-state index contributed by atoms with van der Waals surface area (Å²) in [6.45, 7) is 20.7. The van der Waals surface area contributed by atoms with Gasteiger partial charge in [0.2, 0.25) is 0 Å². The van der Waals surface area contributed by atoms with Crippen molar-refractivity contribution < 1.29 is 14.0 Å². The van der Waals surface area contributed by atoms with E-state index in [9.17, 15) is 0 Å². The Kier molecular flexibility index (Phi) is 5.41. The third-order valence-electron chi connectivity index (χ3n) is 5.14. The number of hydrogen-bond donors (Lipinski definition) is 0. The Morgan fingerprint density at radius 1 is 1.08 bits per heavy atom. The van der Waals surface area contributed by atoms with Crippen LogP contribution in [0.15, 0.2) is 0 Å². The van der Waals surface area contributed by atoms with Crippen LogP contribution in [0.2, 0.25) is 25.7 Å². The van der Waals surface area contributed by atoms with Gasteiger partial charge in [-0.15, -0.1) is 0 Å². The lowest BCUT2D eigenvalue weighted by Crippen LogP contribution is -2.41. The predicted molar refractivity (Wildman–Crippen MR) is 102 cm³/mol. The zero-order valence-corrected chi connectivity index (χ0v) is 17.8. The molecule has 0 saturated carbocycles. The zero-order valence-electron chi connectivity index (χ0n) is 16.8. The number of rotatable bonds is 6. The second-order valence-electron chi connectivity index (χ2n) is 9.02. The monoisotopic (exact) mass is 352 g/mol. The van der Waals surface area contributed by atoms with Gasteiger partial charge in [-0.3, -0.25) is 0 Å². The normalized spacial score (nSPS) is 20.0. The maximum Gasteiger partial charge on any atom is 0.498 e. The van der Waals surface area contributed by atoms with Gasteiger partial charge in [0.1, 0.15) is 6.73 Å². The molecule has 1 aliphatic heterocycles. The molecule has 5 nitrogen and oxygen atoms in total. The molecule has 136 valence electrons. The minimum absolute atomic E-state index is 0.341. The van der Waals surface area contributed by atoms with Crippen molar-refractivity contribution in [3.63, 3.8) is 0 Å². The van der Waals surface area contributed by atoms with Crippen LogP contribution in [0.1, 0.15) is 39.1 Å². The van der Waals surface area contributed by atoms with Gasteiger partial charge in [0.15, 0.2) is 0 Å². The van der Waals surface area contributed by atoms with E-state index in [2.05, 4.69) is 59.4 Å². The first kappa shape index (κ1) is 19.7. The van der Waals surface area contributed by atoms with Gasteiger partial charge in [-0.2, -0.15) is 5.10 Å². The van der Waals surface area contributed by atoms with Gasteiger partial charge < -0.3 is 14.0 Å². The van der Waals surface area contributed by atoms with E-state index in [1.165, 1.54) is 0 Å². The van der Waals surface area contributed by atoms with Gasteiger partial charge in [-0.05, 0) is 47.6 Å². The first-order valence-electron chi connectivity index (χ1n) is 8.81. The molecule has 0 unspecified atom stereocenters. The summed E-state index contributed by atoms with van der Waals surface area (Å²) in [5, 5.41) is 4.63. The fourth-order valence-electron chi connectivity index (χ4n) is 2.67. The van der Waals surface area contributed by atoms with E-state index in [0.29, 0.717) is 6.73 Å². The Hall–Kier alpha value is -0.628. The van der Waals surface area contributed by atoms with E-state index in [4.69, 9.17) is 14.0 Å². The summed E-state index contributed by atoms with van der Waals surface area (Å²) in [7, 11) is -1.43. The smallest absolute Gasteiger partial charge is 0.399 e. The third kappa shape index (κ3) is 4.12. The summed E-state index contributed by atoms with van der Waals surface area (Å²) >= 11 is 0. The second kappa shape index (κ2) is 6.59. The summed E-state index contributed by atoms with van der Waals surface area (Å²) in [5.41, 5.74) is 2.35. The molecule has 7 heteroatoms. The van der Waals surface area contributed by atoms with Crippen molar-refractivity contribution in [2.75, 3.05) is 6.61 Å². The molecule has 1 fully saturated rings. The lowest BCUT2D eigenvalue weighted by molar-refractivity contribution is 0.00578. The average molecular weight is 352 g/mol. The summed E-state index contributed by atoms with van der Waals surface area (Å²) in [6.07, 6.45) is 0. The van der Waals surface area contributed by atoms with Gasteiger partial charge in [0.25, 0.3) is 0 Å². The van der Waals surface area contributed by atoms with Crippen molar-refractivity contribution in [2.45, 2.75) is 85.2 Å². The number of hydrogen-bond acceptors (Lipinski definition) is 4. The van der Waals surface area contributed by atoms with Crippen LogP contribution in [0.4, 0.5) is 0 Å². The molecule has 1 aliphatic rings. The number of aryl methyl sites for hydroxylation is 1. The van der Waals surface area contributed by atoms with E-state index in [-0.39, 0.29) is 18.3 Å². The summed E-state index contributed by atoms with van der Waals surface area (Å²) in [6, 6.07) is 1.16. The molecule has 0 bridgehead atoms. The molecule has 2 heterocycles. The molecule has 1 aromatic rings. The van der Waals surface area contributed by atoms with E-state index in [1.807, 2.05) is 11.6 Å². The van der Waals surface area contributed by atoms with E-state index in [1.54, 1.807) is 0 Å². The van der Waals surface area contributed by atoms with Gasteiger partial charge in [0, 0.05) is 25.8 Å². The van der Waals surface area contributed by atoms with Gasteiger partial charge in [-0.1, -0.05) is 19.6 Å². The molecule has 1 aromatic heterocycles. The first-order chi connectivity index (χ1) is 10.8. The lowest BCUT2D eigenvalue weighted by atomic mass is 9.77. The van der Waals surface area contributed by atoms with Crippen molar-refractivity contribution in [1.29, 1.82) is 0 Å². The molecular formula is C17H33BN2O3Si. The Morgan fingerprint density at radius 3 is 2.12 bits per heavy atom. The van der Waals surface area contributed by atoms with Crippen LogP contribution >= 0.6 is 0 Å². The van der Waals surface area contributed by atoms with Crippen molar-refractivity contribution in [3.8, 4) is 0 Å². The van der Waals surface area contributed by atoms with Crippen LogP contribution in [0, 0.1) is 13.8 Å². The van der Waals surface area contributed by atoms with Crippen molar-refractivity contribution in [2.24, 2.45) is 0 Å². The van der Waals surface area contributed by atoms with E-state index >= 15 is 0 Å². The second-order valence-corrected chi connectivity index (χ2v) is 14.6. The first-order valence-corrected chi connectivity index (χ1v) is 12.5. The molecule has 0 amide bonds. The van der Waals surface area contributed by atoms with Gasteiger partial charge >= 0.3 is 7.12 Å². The summed E-state index contributed by atoms with van der Waals surface area (Å²) < 4.78 is 20.1. The topological polar surface area (TPSA) is 45.5 Å². The van der Waals surface area contributed by atoms with E-state index < -0.39 is 8.07 Å². The highest BCUT2D eigenvalue weighted by atomic mass is 28.3. The van der Waals surface area contributed by atoms with Crippen LogP contribution in [0.3, 0.4) is 0 Å². The number of aromatic nitrogens is 2. The van der Waals surface area contributed by atoms with Crippen molar-refractivity contribution in [3.05, 3.63) is 11.4 Å². The molecule has 0 aromatic carbocycles. The largest absolute Gasteiger partial charge is 0.498 e. The molecule has 0 N–H and O–H groups in total. The van der Waals surface area contributed by atoms with Gasteiger partial charge in [0.05, 0.1) is 16.9 Å². The quantitative estimate of drug-likeness (QED) is 0.583. The Morgan fingerprint density at radius 2 is 1.62 bits per heavy atom. The SMILES string of the molecule is Cc1nn(COCC[Si](C)(C)C)c(C)c1B1OC(C)(C)C(C)(C)O1. The number of nitrogens with zero attached hydrogens (tertiary/aromatic N) is 2. The predicted octanol–water partition coefficient (Wildman–Crippen LogP) is 3.11. The van der Waals surface area contributed by atoms with Gasteiger partial charge in [-0.25, -0.2) is 4.68 Å². The van der Waals surface area contributed by atoms with Crippen LogP contribution in [0.25, 0.3) is 0 Å². The van der Waals surface area contributed by atoms with Crippen molar-refractivity contribution in [1.82, 2.24) is 9.78 Å². The molecule has 0 radical (unpaired) electrons. The highest BCUT2D eigenvalue weighted by Crippen LogP contribution is 2.36. The van der Waals surface area contributed by atoms with Crippen LogP contribution in [-0.4, -0.2) is 42.8 Å². The molecule has 1 saturated heterocycles. The minimum atomic E-state index is -1.06. The number of ether oxygens (including phenoxy) is 1. The highest BCUT2D eigenvalue weighted by Gasteiger charge is 2.53. The Balaban J connectivity index is 2.07. The fraction of sp³-hybridized carbons (Fsp3) is 0.824. The Labute approximate surface area is 148 Å². The molecule has 0 atom stereocenters. The maximum atomic E-state index is 6.18. The zero-order chi connectivity index (χ0) is 18.3. The standard InChI is InChI=1S/C17H33BN2O3Si/c1-13-15(18-22-16(3,4)17(5,6)23-18)14(2)20(19-13)12-21-10-11-24(7,8)9/h10-12H2,1-9H3. The molecule has 24 heavy (non-hydrogen) atoms. The van der Waals surface area contributed by atoms with Crippen LogP contribution in [-0.2, 0) is 20.8 Å². The highest BCUT2D eigenvalue weighted by molar-refractivity contribution is 6.76. The van der Waals surface area contributed by atoms with E-state index in [0.717, 1.165) is 29.5 Å². The molecule has 2 rings (SSSR count). The molecule has 0 spiro atoms. The van der Waals surface area contributed by atoms with Crippen LogP contribution in [0.5, 0.6) is 0 Å². The lowest BCUT2D eigenvalue weighted by Gasteiger charge is -2.32. The summed E-state index contributed by atoms with van der Waals surface area (Å²) in [5.74, 6) is 0.